The van der Waals surface area contributed by atoms with Crippen LogP contribution in [0.4, 0.5) is 5.69 Å². The van der Waals surface area contributed by atoms with E-state index >= 15 is 0 Å². The van der Waals surface area contributed by atoms with Crippen LogP contribution in [0.2, 0.25) is 0 Å². The number of ether oxygens (including phenoxy) is 1. The smallest absolute Gasteiger partial charge is 0.339 e. The molecule has 2 N–H and O–H groups in total. The van der Waals surface area contributed by atoms with E-state index in [1.54, 1.807) is 7.05 Å². The second-order valence-corrected chi connectivity index (χ2v) is 5.78. The van der Waals surface area contributed by atoms with Gasteiger partial charge in [0.2, 0.25) is 0 Å². The Kier molecular flexibility index (Phi) is 3.85. The van der Waals surface area contributed by atoms with Gasteiger partial charge >= 0.3 is 5.97 Å². The summed E-state index contributed by atoms with van der Waals surface area (Å²) in [4.78, 5) is 11.0. The Morgan fingerprint density at radius 3 is 2.62 bits per heavy atom. The summed E-state index contributed by atoms with van der Waals surface area (Å²) in [7, 11) is -0.930. The Morgan fingerprint density at radius 1 is 1.38 bits per heavy atom. The first kappa shape index (κ1) is 14.9. The Morgan fingerprint density at radius 2 is 2.10 bits per heavy atom. The highest BCUT2D eigenvalue weighted by Crippen LogP contribution is 2.24. The quantitative estimate of drug-likeness (QED) is 0.849. The maximum atomic E-state index is 12.1. The van der Waals surface area contributed by atoms with Crippen molar-refractivity contribution in [3.63, 3.8) is 0 Å². The minimum Gasteiger partial charge on any atom is -0.496 e. The average Bonchev–Trinajstić information content (AvgIpc) is 2.85. The predicted octanol–water partition coefficient (Wildman–Crippen LogP) is 0.928. The largest absolute Gasteiger partial charge is 0.496 e. The normalized spacial score (nSPS) is 11.1. The second kappa shape index (κ2) is 5.44. The maximum absolute atomic E-state index is 12.1. The van der Waals surface area contributed by atoms with Gasteiger partial charge < -0.3 is 9.84 Å². The van der Waals surface area contributed by atoms with Crippen LogP contribution < -0.4 is 9.46 Å². The number of aromatic carboxylic acids is 1. The second-order valence-electron chi connectivity index (χ2n) is 4.15. The summed E-state index contributed by atoms with van der Waals surface area (Å²) < 4.78 is 32.8. The van der Waals surface area contributed by atoms with Gasteiger partial charge in [-0.05, 0) is 18.2 Å². The van der Waals surface area contributed by atoms with Gasteiger partial charge in [-0.2, -0.15) is 13.5 Å². The summed E-state index contributed by atoms with van der Waals surface area (Å²) in [6, 6.07) is 5.25. The van der Waals surface area contributed by atoms with Gasteiger partial charge in [-0.25, -0.2) is 4.79 Å². The highest BCUT2D eigenvalue weighted by atomic mass is 32.2. The minimum absolute atomic E-state index is 0.0571. The minimum atomic E-state index is -3.84. The van der Waals surface area contributed by atoms with Gasteiger partial charge in [0.05, 0.1) is 12.8 Å². The lowest BCUT2D eigenvalue weighted by molar-refractivity contribution is 0.0693. The van der Waals surface area contributed by atoms with Crippen LogP contribution in [-0.2, 0) is 17.1 Å². The molecule has 9 heteroatoms. The van der Waals surface area contributed by atoms with E-state index < -0.39 is 16.0 Å². The highest BCUT2D eigenvalue weighted by molar-refractivity contribution is 7.92. The van der Waals surface area contributed by atoms with Crippen LogP contribution in [0.25, 0.3) is 0 Å². The lowest BCUT2D eigenvalue weighted by Gasteiger charge is -2.09. The Balaban J connectivity index is 2.34. The van der Waals surface area contributed by atoms with Crippen LogP contribution in [-0.4, -0.2) is 36.4 Å². The number of methoxy groups -OCH3 is 1. The molecule has 8 nitrogen and oxygen atoms in total. The zero-order valence-electron chi connectivity index (χ0n) is 11.3. The number of hydrogen-bond donors (Lipinski definition) is 2. The number of sulfonamides is 1. The lowest BCUT2D eigenvalue weighted by atomic mass is 10.2. The summed E-state index contributed by atoms with van der Waals surface area (Å²) in [5.41, 5.74) is 0.126. The molecule has 2 aromatic rings. The SMILES string of the molecule is COc1cc(NS(=O)(=O)c2ccn(C)n2)ccc1C(=O)O. The number of benzene rings is 1. The first-order valence-electron chi connectivity index (χ1n) is 5.77. The monoisotopic (exact) mass is 311 g/mol. The molecule has 0 radical (unpaired) electrons. The van der Waals surface area contributed by atoms with Gasteiger partial charge in [0, 0.05) is 19.3 Å². The number of rotatable bonds is 5. The number of nitrogens with one attached hydrogen (secondary N) is 1. The number of hydrogen-bond acceptors (Lipinski definition) is 5. The van der Waals surface area contributed by atoms with E-state index in [-0.39, 0.29) is 22.0 Å². The molecule has 0 atom stereocenters. The van der Waals surface area contributed by atoms with Crippen molar-refractivity contribution in [2.75, 3.05) is 11.8 Å². The van der Waals surface area contributed by atoms with E-state index in [0.717, 1.165) is 0 Å². The van der Waals surface area contributed by atoms with E-state index in [1.165, 1.54) is 42.3 Å². The number of carboxylic acids is 1. The number of aryl methyl sites for hydroxylation is 1. The van der Waals surface area contributed by atoms with Crippen LogP contribution in [0.15, 0.2) is 35.5 Å². The van der Waals surface area contributed by atoms with E-state index in [1.807, 2.05) is 0 Å². The third kappa shape index (κ3) is 3.14. The molecular formula is C12H13N3O5S. The molecule has 0 fully saturated rings. The molecule has 1 aromatic carbocycles. The molecule has 1 aromatic heterocycles. The molecule has 2 rings (SSSR count). The summed E-state index contributed by atoms with van der Waals surface area (Å²) in [6.45, 7) is 0. The molecule has 0 spiro atoms. The zero-order valence-corrected chi connectivity index (χ0v) is 12.1. The van der Waals surface area contributed by atoms with Crippen molar-refractivity contribution < 1.29 is 23.1 Å². The molecule has 21 heavy (non-hydrogen) atoms. The predicted molar refractivity (Wildman–Crippen MR) is 74.0 cm³/mol. The number of carboxylic acid groups (broad SMARTS) is 1. The van der Waals surface area contributed by atoms with Gasteiger partial charge in [-0.15, -0.1) is 0 Å². The summed E-state index contributed by atoms with van der Waals surface area (Å²) in [6.07, 6.45) is 1.50. The van der Waals surface area contributed by atoms with Crippen LogP contribution in [0.1, 0.15) is 10.4 Å². The Labute approximate surface area is 121 Å². The van der Waals surface area contributed by atoms with Crippen molar-refractivity contribution >= 4 is 21.7 Å². The molecule has 0 aliphatic heterocycles. The number of carbonyl (C=O) groups is 1. The van der Waals surface area contributed by atoms with Crippen molar-refractivity contribution in [2.45, 2.75) is 5.03 Å². The fraction of sp³-hybridized carbons (Fsp3) is 0.167. The van der Waals surface area contributed by atoms with E-state index in [0.29, 0.717) is 0 Å². The average molecular weight is 311 g/mol. The summed E-state index contributed by atoms with van der Waals surface area (Å²) >= 11 is 0. The molecule has 1 heterocycles. The number of nitrogens with zero attached hydrogens (tertiary/aromatic N) is 2. The molecule has 0 aliphatic carbocycles. The lowest BCUT2D eigenvalue weighted by Crippen LogP contribution is -2.14. The molecule has 0 saturated carbocycles. The van der Waals surface area contributed by atoms with E-state index in [9.17, 15) is 13.2 Å². The van der Waals surface area contributed by atoms with Crippen molar-refractivity contribution in [3.05, 3.63) is 36.0 Å². The van der Waals surface area contributed by atoms with Crippen molar-refractivity contribution in [1.82, 2.24) is 9.78 Å². The standard InChI is InChI=1S/C12H13N3O5S/c1-15-6-5-11(13-15)21(18,19)14-8-3-4-9(12(16)17)10(7-8)20-2/h3-7,14H,1-2H3,(H,16,17). The third-order valence-electron chi connectivity index (χ3n) is 2.65. The van der Waals surface area contributed by atoms with Crippen molar-refractivity contribution in [2.24, 2.45) is 7.05 Å². The topological polar surface area (TPSA) is 111 Å². The van der Waals surface area contributed by atoms with Crippen LogP contribution in [0, 0.1) is 0 Å². The Hall–Kier alpha value is -2.55. The number of anilines is 1. The highest BCUT2D eigenvalue weighted by Gasteiger charge is 2.19. The molecule has 0 bridgehead atoms. The fourth-order valence-electron chi connectivity index (χ4n) is 1.68. The summed E-state index contributed by atoms with van der Waals surface area (Å²) in [5, 5.41) is 12.6. The van der Waals surface area contributed by atoms with Gasteiger partial charge in [-0.1, -0.05) is 0 Å². The van der Waals surface area contributed by atoms with E-state index in [4.69, 9.17) is 9.84 Å². The molecule has 0 saturated heterocycles. The molecule has 0 aliphatic rings. The first-order valence-corrected chi connectivity index (χ1v) is 7.25. The van der Waals surface area contributed by atoms with Crippen LogP contribution >= 0.6 is 0 Å². The van der Waals surface area contributed by atoms with Crippen LogP contribution in [0.3, 0.4) is 0 Å². The van der Waals surface area contributed by atoms with E-state index in [2.05, 4.69) is 9.82 Å². The third-order valence-corrected chi connectivity index (χ3v) is 3.92. The first-order chi connectivity index (χ1) is 9.83. The summed E-state index contributed by atoms with van der Waals surface area (Å²) in [5.74, 6) is -1.10. The van der Waals surface area contributed by atoms with Gasteiger partial charge in [0.1, 0.15) is 11.3 Å². The molecule has 0 amide bonds. The van der Waals surface area contributed by atoms with Crippen molar-refractivity contribution in [1.29, 1.82) is 0 Å². The molecule has 0 unspecified atom stereocenters. The number of aromatic nitrogens is 2. The van der Waals surface area contributed by atoms with Crippen molar-refractivity contribution in [3.8, 4) is 5.75 Å². The van der Waals surface area contributed by atoms with Crippen LogP contribution in [0.5, 0.6) is 5.75 Å². The molecule has 112 valence electrons. The zero-order chi connectivity index (χ0) is 15.6. The molecular weight excluding hydrogens is 298 g/mol. The fourth-order valence-corrected chi connectivity index (χ4v) is 2.69. The van der Waals surface area contributed by atoms with Gasteiger partial charge in [0.25, 0.3) is 10.0 Å². The Bertz CT molecular complexity index is 782. The van der Waals surface area contributed by atoms with Gasteiger partial charge in [-0.3, -0.25) is 9.40 Å². The van der Waals surface area contributed by atoms with Gasteiger partial charge in [0.15, 0.2) is 5.03 Å². The maximum Gasteiger partial charge on any atom is 0.339 e.